The first-order chi connectivity index (χ1) is 7.24. The van der Waals surface area contributed by atoms with Crippen molar-refractivity contribution in [2.24, 2.45) is 17.6 Å². The van der Waals surface area contributed by atoms with Gasteiger partial charge in [-0.15, -0.1) is 0 Å². The van der Waals surface area contributed by atoms with E-state index >= 15 is 0 Å². The molecular weight excluding hydrogens is 219 g/mol. The number of rotatable bonds is 7. The van der Waals surface area contributed by atoms with E-state index in [4.69, 9.17) is 5.73 Å². The zero-order valence-electron chi connectivity index (χ0n) is 10.2. The Morgan fingerprint density at radius 2 is 1.75 bits per heavy atom. The van der Waals surface area contributed by atoms with Crippen molar-refractivity contribution in [2.45, 2.75) is 45.8 Å². The highest BCUT2D eigenvalue weighted by Crippen LogP contribution is 2.20. The maximum Gasteiger partial charge on any atom is 0.411 e. The molecule has 0 fully saturated rings. The Bertz CT molecular complexity index is 173. The lowest BCUT2D eigenvalue weighted by molar-refractivity contribution is -0.174. The van der Waals surface area contributed by atoms with Gasteiger partial charge in [-0.1, -0.05) is 13.8 Å². The molecule has 0 aromatic carbocycles. The molecule has 0 bridgehead atoms. The number of halogens is 3. The molecule has 0 aliphatic carbocycles. The summed E-state index contributed by atoms with van der Waals surface area (Å²) in [5.41, 5.74) is 5.80. The minimum absolute atomic E-state index is 0.0719. The van der Waals surface area contributed by atoms with Crippen molar-refractivity contribution in [3.8, 4) is 0 Å². The molecule has 2 N–H and O–H groups in total. The molecule has 0 heterocycles. The predicted molar refractivity (Wildman–Crippen MR) is 58.1 cm³/mol. The van der Waals surface area contributed by atoms with E-state index in [1.165, 1.54) is 0 Å². The Morgan fingerprint density at radius 3 is 2.12 bits per heavy atom. The van der Waals surface area contributed by atoms with E-state index in [1.807, 2.05) is 6.92 Å². The number of hydrogen-bond donors (Lipinski definition) is 1. The quantitative estimate of drug-likeness (QED) is 0.695. The maximum absolute atomic E-state index is 11.8. The van der Waals surface area contributed by atoms with Crippen molar-refractivity contribution >= 4 is 0 Å². The van der Waals surface area contributed by atoms with E-state index in [2.05, 4.69) is 18.6 Å². The molecule has 2 unspecified atom stereocenters. The molecule has 0 rings (SSSR count). The van der Waals surface area contributed by atoms with E-state index in [-0.39, 0.29) is 12.6 Å². The third-order valence-corrected chi connectivity index (χ3v) is 2.62. The molecule has 2 atom stereocenters. The van der Waals surface area contributed by atoms with Crippen LogP contribution in [0.2, 0.25) is 0 Å². The van der Waals surface area contributed by atoms with Crippen LogP contribution < -0.4 is 5.73 Å². The molecule has 0 aromatic rings. The van der Waals surface area contributed by atoms with Crippen LogP contribution >= 0.6 is 0 Å². The average Bonchev–Trinajstić information content (AvgIpc) is 2.07. The minimum atomic E-state index is -4.22. The Hall–Kier alpha value is -0.290. The number of ether oxygens (including phenoxy) is 1. The van der Waals surface area contributed by atoms with E-state index in [1.54, 1.807) is 0 Å². The second-order valence-corrected chi connectivity index (χ2v) is 4.58. The molecule has 16 heavy (non-hydrogen) atoms. The Labute approximate surface area is 95.3 Å². The number of nitrogens with two attached hydrogens (primary N) is 1. The Kier molecular flexibility index (Phi) is 6.99. The molecule has 5 heteroatoms. The van der Waals surface area contributed by atoms with Gasteiger partial charge in [0.15, 0.2) is 0 Å². The lowest BCUT2D eigenvalue weighted by atomic mass is 9.86. The molecule has 0 radical (unpaired) electrons. The monoisotopic (exact) mass is 241 g/mol. The average molecular weight is 241 g/mol. The topological polar surface area (TPSA) is 35.2 Å². The van der Waals surface area contributed by atoms with E-state index < -0.39 is 12.8 Å². The number of hydrogen-bond acceptors (Lipinski definition) is 2. The van der Waals surface area contributed by atoms with E-state index in [0.29, 0.717) is 18.3 Å². The second-order valence-electron chi connectivity index (χ2n) is 4.58. The third kappa shape index (κ3) is 7.93. The lowest BCUT2D eigenvalue weighted by Gasteiger charge is -2.24. The molecular formula is C11H22F3NO. The van der Waals surface area contributed by atoms with Gasteiger partial charge in [-0.25, -0.2) is 0 Å². The summed E-state index contributed by atoms with van der Waals surface area (Å²) in [5.74, 6) is 0.789. The second kappa shape index (κ2) is 7.12. The predicted octanol–water partition coefficient (Wildman–Crippen LogP) is 2.96. The van der Waals surface area contributed by atoms with Gasteiger partial charge in [0.2, 0.25) is 0 Å². The van der Waals surface area contributed by atoms with Gasteiger partial charge >= 0.3 is 6.18 Å². The van der Waals surface area contributed by atoms with Crippen molar-refractivity contribution in [3.63, 3.8) is 0 Å². The molecule has 0 saturated carbocycles. The normalized spacial score (nSPS) is 16.5. The van der Waals surface area contributed by atoms with Gasteiger partial charge in [0.05, 0.1) is 0 Å². The molecule has 0 aliphatic heterocycles. The van der Waals surface area contributed by atoms with Gasteiger partial charge in [-0.05, 0) is 31.6 Å². The fourth-order valence-electron chi connectivity index (χ4n) is 1.81. The fourth-order valence-corrected chi connectivity index (χ4v) is 1.81. The molecule has 0 spiro atoms. The van der Waals surface area contributed by atoms with Gasteiger partial charge in [0.1, 0.15) is 6.61 Å². The van der Waals surface area contributed by atoms with Crippen LogP contribution in [0.3, 0.4) is 0 Å². The summed E-state index contributed by atoms with van der Waals surface area (Å²) in [6.45, 7) is 5.07. The highest BCUT2D eigenvalue weighted by Gasteiger charge is 2.27. The van der Waals surface area contributed by atoms with Crippen LogP contribution in [0.15, 0.2) is 0 Å². The summed E-state index contributed by atoms with van der Waals surface area (Å²) in [7, 11) is 0. The van der Waals surface area contributed by atoms with Crippen LogP contribution in [0.4, 0.5) is 13.2 Å². The van der Waals surface area contributed by atoms with Crippen LogP contribution in [0.25, 0.3) is 0 Å². The highest BCUT2D eigenvalue weighted by atomic mass is 19.4. The first-order valence-electron chi connectivity index (χ1n) is 5.64. The van der Waals surface area contributed by atoms with Crippen LogP contribution in [0, 0.1) is 11.8 Å². The molecule has 0 amide bonds. The van der Waals surface area contributed by atoms with Crippen molar-refractivity contribution in [3.05, 3.63) is 0 Å². The summed E-state index contributed by atoms with van der Waals surface area (Å²) in [6, 6.07) is 0.0719. The summed E-state index contributed by atoms with van der Waals surface area (Å²) in [4.78, 5) is 0. The van der Waals surface area contributed by atoms with Gasteiger partial charge in [0.25, 0.3) is 0 Å². The van der Waals surface area contributed by atoms with Crippen LogP contribution in [0.1, 0.15) is 33.6 Å². The summed E-state index contributed by atoms with van der Waals surface area (Å²) >= 11 is 0. The minimum Gasteiger partial charge on any atom is -0.372 e. The zero-order valence-corrected chi connectivity index (χ0v) is 10.2. The largest absolute Gasteiger partial charge is 0.411 e. The Morgan fingerprint density at radius 1 is 1.19 bits per heavy atom. The molecule has 0 saturated heterocycles. The SMILES string of the molecule is CC(C)C(CCCOCC(F)(F)F)C(C)N. The van der Waals surface area contributed by atoms with Gasteiger partial charge in [-0.3, -0.25) is 0 Å². The summed E-state index contributed by atoms with van der Waals surface area (Å²) < 4.78 is 39.8. The van der Waals surface area contributed by atoms with Crippen LogP contribution in [0.5, 0.6) is 0 Å². The van der Waals surface area contributed by atoms with Gasteiger partial charge < -0.3 is 10.5 Å². The molecule has 2 nitrogen and oxygen atoms in total. The highest BCUT2D eigenvalue weighted by molar-refractivity contribution is 4.71. The van der Waals surface area contributed by atoms with Gasteiger partial charge in [-0.2, -0.15) is 13.2 Å². The standard InChI is InChI=1S/C11H22F3NO/c1-8(2)10(9(3)15)5-4-6-16-7-11(12,13)14/h8-10H,4-7,15H2,1-3H3. The van der Waals surface area contributed by atoms with Crippen LogP contribution in [-0.2, 0) is 4.74 Å². The lowest BCUT2D eigenvalue weighted by Crippen LogP contribution is -2.30. The van der Waals surface area contributed by atoms with Crippen LogP contribution in [-0.4, -0.2) is 25.4 Å². The summed E-state index contributed by atoms with van der Waals surface area (Å²) in [6.07, 6.45) is -2.79. The first kappa shape index (κ1) is 15.7. The fraction of sp³-hybridized carbons (Fsp3) is 1.00. The first-order valence-corrected chi connectivity index (χ1v) is 5.64. The molecule has 0 aromatic heterocycles. The zero-order chi connectivity index (χ0) is 12.8. The smallest absolute Gasteiger partial charge is 0.372 e. The van der Waals surface area contributed by atoms with E-state index in [0.717, 1.165) is 6.42 Å². The third-order valence-electron chi connectivity index (χ3n) is 2.62. The Balaban J connectivity index is 3.64. The van der Waals surface area contributed by atoms with E-state index in [9.17, 15) is 13.2 Å². The van der Waals surface area contributed by atoms with Gasteiger partial charge in [0, 0.05) is 12.6 Å². The van der Waals surface area contributed by atoms with Crippen molar-refractivity contribution in [2.75, 3.05) is 13.2 Å². The molecule has 0 aliphatic rings. The summed E-state index contributed by atoms with van der Waals surface area (Å²) in [5, 5.41) is 0. The number of alkyl halides is 3. The molecule has 98 valence electrons. The van der Waals surface area contributed by atoms with Crippen molar-refractivity contribution in [1.29, 1.82) is 0 Å². The van der Waals surface area contributed by atoms with Crippen molar-refractivity contribution in [1.82, 2.24) is 0 Å². The maximum atomic E-state index is 11.8. The van der Waals surface area contributed by atoms with Crippen molar-refractivity contribution < 1.29 is 17.9 Å².